The molecule has 2 aromatic rings. The summed E-state index contributed by atoms with van der Waals surface area (Å²) in [6, 6.07) is 10.5. The second-order valence-electron chi connectivity index (χ2n) is 5.09. The quantitative estimate of drug-likeness (QED) is 0.810. The largest absolute Gasteiger partial charge is 0.504 e. The number of hydrogen-bond donors (Lipinski definition) is 1. The molecular weight excluding hydrogens is 332 g/mol. The van der Waals surface area contributed by atoms with Gasteiger partial charge < -0.3 is 9.84 Å². The third-order valence-electron chi connectivity index (χ3n) is 3.49. The summed E-state index contributed by atoms with van der Waals surface area (Å²) in [4.78, 5) is 13.6. The molecule has 0 bridgehead atoms. The van der Waals surface area contributed by atoms with E-state index < -0.39 is 0 Å². The lowest BCUT2D eigenvalue weighted by atomic mass is 10.0. The number of ketones is 1. The van der Waals surface area contributed by atoms with Crippen LogP contribution in [-0.4, -0.2) is 23.2 Å². The predicted molar refractivity (Wildman–Crippen MR) is 93.8 cm³/mol. The molecule has 1 aliphatic heterocycles. The summed E-state index contributed by atoms with van der Waals surface area (Å²) in [6.07, 6.45) is 1.83. The zero-order valence-corrected chi connectivity index (χ0v) is 14.1. The smallest absolute Gasteiger partial charge is 0.191 e. The molecule has 0 fully saturated rings. The van der Waals surface area contributed by atoms with Gasteiger partial charge in [0.2, 0.25) is 0 Å². The van der Waals surface area contributed by atoms with Crippen molar-refractivity contribution in [3.8, 4) is 11.5 Å². The second kappa shape index (κ2) is 6.69. The van der Waals surface area contributed by atoms with Crippen molar-refractivity contribution in [2.45, 2.75) is 11.8 Å². The molecule has 0 saturated heterocycles. The maximum absolute atomic E-state index is 12.6. The highest BCUT2D eigenvalue weighted by Gasteiger charge is 2.22. The minimum atomic E-state index is -0.00714. The van der Waals surface area contributed by atoms with E-state index in [4.69, 9.17) is 16.3 Å². The van der Waals surface area contributed by atoms with E-state index in [0.717, 1.165) is 10.5 Å². The zero-order chi connectivity index (χ0) is 16.4. The van der Waals surface area contributed by atoms with Crippen molar-refractivity contribution < 1.29 is 14.6 Å². The average molecular weight is 347 g/mol. The van der Waals surface area contributed by atoms with Crippen molar-refractivity contribution in [3.05, 3.63) is 58.1 Å². The van der Waals surface area contributed by atoms with E-state index in [-0.39, 0.29) is 11.5 Å². The Balaban J connectivity index is 1.95. The highest BCUT2D eigenvalue weighted by Crippen LogP contribution is 2.35. The van der Waals surface area contributed by atoms with Gasteiger partial charge >= 0.3 is 0 Å². The molecule has 0 saturated carbocycles. The molecule has 0 spiro atoms. The van der Waals surface area contributed by atoms with E-state index in [1.807, 2.05) is 19.1 Å². The van der Waals surface area contributed by atoms with E-state index in [1.165, 1.54) is 0 Å². The fourth-order valence-electron chi connectivity index (χ4n) is 2.40. The third kappa shape index (κ3) is 3.38. The lowest BCUT2D eigenvalue weighted by Gasteiger charge is -2.17. The summed E-state index contributed by atoms with van der Waals surface area (Å²) < 4.78 is 5.38. The molecule has 3 nitrogen and oxygen atoms in total. The number of carbonyl (C=O) groups excluding carboxylic acids is 1. The summed E-state index contributed by atoms with van der Waals surface area (Å²) in [5, 5.41) is 10.3. The Hall–Kier alpha value is -1.91. The van der Waals surface area contributed by atoms with Crippen molar-refractivity contribution in [3.63, 3.8) is 0 Å². The first-order valence-electron chi connectivity index (χ1n) is 7.22. The number of halogens is 1. The average Bonchev–Trinajstić information content (AvgIpc) is 2.54. The van der Waals surface area contributed by atoms with E-state index >= 15 is 0 Å². The topological polar surface area (TPSA) is 46.5 Å². The minimum Gasteiger partial charge on any atom is -0.504 e. The number of phenols is 1. The molecule has 23 heavy (non-hydrogen) atoms. The zero-order valence-electron chi connectivity index (χ0n) is 12.5. The molecule has 118 valence electrons. The van der Waals surface area contributed by atoms with Crippen LogP contribution in [0.4, 0.5) is 0 Å². The van der Waals surface area contributed by atoms with Crippen molar-refractivity contribution in [1.82, 2.24) is 0 Å². The predicted octanol–water partition coefficient (Wildman–Crippen LogP) is 4.82. The second-order valence-corrected chi connectivity index (χ2v) is 6.54. The summed E-state index contributed by atoms with van der Waals surface area (Å²) >= 11 is 7.62. The number of aromatic hydroxyl groups is 1. The molecule has 0 aliphatic carbocycles. The molecule has 1 N–H and O–H groups in total. The van der Waals surface area contributed by atoms with Gasteiger partial charge in [0, 0.05) is 26.8 Å². The van der Waals surface area contributed by atoms with Gasteiger partial charge in [-0.1, -0.05) is 17.7 Å². The van der Waals surface area contributed by atoms with Gasteiger partial charge in [0.1, 0.15) is 0 Å². The van der Waals surface area contributed by atoms with Gasteiger partial charge in [0.25, 0.3) is 0 Å². The Morgan fingerprint density at radius 1 is 1.30 bits per heavy atom. The molecule has 5 heteroatoms. The van der Waals surface area contributed by atoms with Gasteiger partial charge in [0.15, 0.2) is 17.3 Å². The molecule has 0 unspecified atom stereocenters. The third-order valence-corrected chi connectivity index (χ3v) is 4.84. The Kier molecular flexibility index (Phi) is 4.64. The van der Waals surface area contributed by atoms with Crippen LogP contribution in [0.3, 0.4) is 0 Å². The van der Waals surface area contributed by atoms with Crippen molar-refractivity contribution in [1.29, 1.82) is 0 Å². The lowest BCUT2D eigenvalue weighted by Crippen LogP contribution is -2.12. The number of hydrogen-bond acceptors (Lipinski definition) is 4. The summed E-state index contributed by atoms with van der Waals surface area (Å²) in [5.41, 5.74) is 2.17. The van der Waals surface area contributed by atoms with Gasteiger partial charge in [-0.2, -0.15) is 0 Å². The SMILES string of the molecule is CCOc1cc(/C=C2\CSc3ccc(Cl)cc3C2=O)ccc1O. The summed E-state index contributed by atoms with van der Waals surface area (Å²) in [5.74, 6) is 1.11. The molecule has 0 radical (unpaired) electrons. The molecule has 3 rings (SSSR count). The number of phenolic OH excluding ortho intramolecular Hbond substituents is 1. The van der Waals surface area contributed by atoms with Crippen LogP contribution in [0.25, 0.3) is 6.08 Å². The van der Waals surface area contributed by atoms with Crippen LogP contribution in [0.15, 0.2) is 46.9 Å². The highest BCUT2D eigenvalue weighted by molar-refractivity contribution is 7.99. The monoisotopic (exact) mass is 346 g/mol. The van der Waals surface area contributed by atoms with Crippen molar-refractivity contribution in [2.75, 3.05) is 12.4 Å². The standard InChI is InChI=1S/C18H15ClO3S/c1-2-22-16-8-11(3-5-15(16)20)7-12-10-23-17-6-4-13(19)9-14(17)18(12)21/h3-9,20H,2,10H2,1H3/b12-7+. The number of rotatable bonds is 3. The van der Waals surface area contributed by atoms with Gasteiger partial charge in [-0.05, 0) is 48.9 Å². The van der Waals surface area contributed by atoms with Crippen LogP contribution in [0.2, 0.25) is 5.02 Å². The van der Waals surface area contributed by atoms with E-state index in [9.17, 15) is 9.90 Å². The van der Waals surface area contributed by atoms with Gasteiger partial charge in [-0.3, -0.25) is 4.79 Å². The normalized spacial score (nSPS) is 15.6. The fourth-order valence-corrected chi connectivity index (χ4v) is 3.57. The maximum atomic E-state index is 12.6. The van der Waals surface area contributed by atoms with Gasteiger partial charge in [-0.15, -0.1) is 11.8 Å². The summed E-state index contributed by atoms with van der Waals surface area (Å²) in [6.45, 7) is 2.32. The highest BCUT2D eigenvalue weighted by atomic mass is 35.5. The van der Waals surface area contributed by atoms with Crippen LogP contribution >= 0.6 is 23.4 Å². The molecule has 1 aliphatic rings. The number of Topliss-reactive ketones (excluding diaryl/α,β-unsaturated/α-hetero) is 1. The minimum absolute atomic E-state index is 0.00714. The molecule has 0 amide bonds. The first-order valence-corrected chi connectivity index (χ1v) is 8.58. The number of fused-ring (bicyclic) bond motifs is 1. The fraction of sp³-hybridized carbons (Fsp3) is 0.167. The number of thioether (sulfide) groups is 1. The Labute approximate surface area is 143 Å². The first kappa shape index (κ1) is 16.0. The Morgan fingerprint density at radius 2 is 2.13 bits per heavy atom. The van der Waals surface area contributed by atoms with Crippen LogP contribution in [0.1, 0.15) is 22.8 Å². The molecule has 0 aromatic heterocycles. The van der Waals surface area contributed by atoms with Crippen LogP contribution in [-0.2, 0) is 0 Å². The van der Waals surface area contributed by atoms with Gasteiger partial charge in [-0.25, -0.2) is 0 Å². The molecule has 1 heterocycles. The maximum Gasteiger partial charge on any atom is 0.191 e. The van der Waals surface area contributed by atoms with E-state index in [2.05, 4.69) is 0 Å². The lowest BCUT2D eigenvalue weighted by molar-refractivity contribution is 0.103. The van der Waals surface area contributed by atoms with Crippen LogP contribution in [0, 0.1) is 0 Å². The first-order chi connectivity index (χ1) is 11.1. The van der Waals surface area contributed by atoms with E-state index in [1.54, 1.807) is 42.1 Å². The van der Waals surface area contributed by atoms with E-state index in [0.29, 0.717) is 34.3 Å². The number of ether oxygens (including phenoxy) is 1. The Bertz CT molecular complexity index is 799. The van der Waals surface area contributed by atoms with Gasteiger partial charge in [0.05, 0.1) is 6.61 Å². The van der Waals surface area contributed by atoms with Crippen LogP contribution in [0.5, 0.6) is 11.5 Å². The van der Waals surface area contributed by atoms with Crippen LogP contribution < -0.4 is 4.74 Å². The summed E-state index contributed by atoms with van der Waals surface area (Å²) in [7, 11) is 0. The molecule has 2 aromatic carbocycles. The van der Waals surface area contributed by atoms with Crippen molar-refractivity contribution >= 4 is 35.2 Å². The number of benzene rings is 2. The Morgan fingerprint density at radius 3 is 2.91 bits per heavy atom. The number of carbonyl (C=O) groups is 1. The van der Waals surface area contributed by atoms with Crippen molar-refractivity contribution in [2.24, 2.45) is 0 Å². The molecule has 0 atom stereocenters. The molecular formula is C18H15ClO3S.